The minimum Gasteiger partial charge on any atom is -0.150 e. The third-order valence-electron chi connectivity index (χ3n) is 3.13. The maximum atomic E-state index is 3.96. The van der Waals surface area contributed by atoms with Crippen molar-refractivity contribution in [1.82, 2.24) is 0 Å². The van der Waals surface area contributed by atoms with E-state index < -0.39 is 0 Å². The first-order valence-corrected chi connectivity index (χ1v) is 7.75. The van der Waals surface area contributed by atoms with E-state index in [0.717, 1.165) is 18.6 Å². The smallest absolute Gasteiger partial charge is 0.0230 e. The summed E-state index contributed by atoms with van der Waals surface area (Å²) in [7, 11) is 0. The molecule has 0 aliphatic heterocycles. The van der Waals surface area contributed by atoms with Crippen LogP contribution >= 0.6 is 11.8 Å². The molecule has 0 aromatic heterocycles. The standard InChI is InChI=1S/C18H20S/c1-2-18(14-13-16-9-5-3-6-10-16)19-15-17-11-7-4-8-12-17/h2-12,18H,1,13-15H2/t18-/m0/s1. The van der Waals surface area contributed by atoms with Crippen LogP contribution in [0.1, 0.15) is 17.5 Å². The van der Waals surface area contributed by atoms with E-state index in [1.807, 2.05) is 11.8 Å². The highest BCUT2D eigenvalue weighted by atomic mass is 32.2. The highest BCUT2D eigenvalue weighted by Gasteiger charge is 2.05. The average Bonchev–Trinajstić information content (AvgIpc) is 2.49. The van der Waals surface area contributed by atoms with Crippen LogP contribution in [0.2, 0.25) is 0 Å². The zero-order chi connectivity index (χ0) is 13.3. The van der Waals surface area contributed by atoms with Crippen LogP contribution in [0.15, 0.2) is 73.3 Å². The van der Waals surface area contributed by atoms with E-state index in [-0.39, 0.29) is 0 Å². The fraction of sp³-hybridized carbons (Fsp3) is 0.222. The number of aryl methyl sites for hydroxylation is 1. The van der Waals surface area contributed by atoms with E-state index in [1.54, 1.807) is 0 Å². The lowest BCUT2D eigenvalue weighted by Crippen LogP contribution is -2.01. The number of rotatable bonds is 7. The van der Waals surface area contributed by atoms with Crippen molar-refractivity contribution in [3.63, 3.8) is 0 Å². The molecular formula is C18H20S. The molecular weight excluding hydrogens is 248 g/mol. The van der Waals surface area contributed by atoms with Crippen LogP contribution in [0, 0.1) is 0 Å². The summed E-state index contributed by atoms with van der Waals surface area (Å²) in [6, 6.07) is 21.3. The molecule has 0 fully saturated rings. The molecule has 2 rings (SSSR count). The molecule has 0 bridgehead atoms. The average molecular weight is 268 g/mol. The predicted molar refractivity (Wildman–Crippen MR) is 86.5 cm³/mol. The summed E-state index contributed by atoms with van der Waals surface area (Å²) in [5, 5.41) is 0.528. The van der Waals surface area contributed by atoms with Crippen molar-refractivity contribution in [2.24, 2.45) is 0 Å². The van der Waals surface area contributed by atoms with Crippen molar-refractivity contribution in [2.45, 2.75) is 23.8 Å². The SMILES string of the molecule is C=C[C@@H](CCc1ccccc1)SCc1ccccc1. The molecule has 0 unspecified atom stereocenters. The van der Waals surface area contributed by atoms with Crippen molar-refractivity contribution in [2.75, 3.05) is 0 Å². The molecule has 0 heterocycles. The first kappa shape index (κ1) is 14.0. The number of benzene rings is 2. The molecule has 0 aliphatic rings. The van der Waals surface area contributed by atoms with E-state index in [2.05, 4.69) is 73.3 Å². The van der Waals surface area contributed by atoms with Crippen LogP contribution in [-0.2, 0) is 12.2 Å². The van der Waals surface area contributed by atoms with Gasteiger partial charge in [-0.15, -0.1) is 18.3 Å². The molecule has 1 heteroatoms. The molecule has 0 spiro atoms. The van der Waals surface area contributed by atoms with Crippen LogP contribution in [0.5, 0.6) is 0 Å². The van der Waals surface area contributed by atoms with Gasteiger partial charge in [-0.1, -0.05) is 66.7 Å². The second-order valence-corrected chi connectivity index (χ2v) is 5.82. The molecule has 2 aromatic carbocycles. The lowest BCUT2D eigenvalue weighted by atomic mass is 10.1. The van der Waals surface area contributed by atoms with Gasteiger partial charge in [0.15, 0.2) is 0 Å². The molecule has 0 amide bonds. The minimum atomic E-state index is 0.528. The van der Waals surface area contributed by atoms with Gasteiger partial charge < -0.3 is 0 Å². The quantitative estimate of drug-likeness (QED) is 0.629. The van der Waals surface area contributed by atoms with E-state index in [9.17, 15) is 0 Å². The molecule has 0 radical (unpaired) electrons. The summed E-state index contributed by atoms with van der Waals surface area (Å²) in [5.41, 5.74) is 2.80. The summed E-state index contributed by atoms with van der Waals surface area (Å²) < 4.78 is 0. The maximum Gasteiger partial charge on any atom is 0.0230 e. The lowest BCUT2D eigenvalue weighted by molar-refractivity contribution is 0.857. The zero-order valence-electron chi connectivity index (χ0n) is 11.2. The zero-order valence-corrected chi connectivity index (χ0v) is 12.0. The van der Waals surface area contributed by atoms with Gasteiger partial charge in [-0.2, -0.15) is 0 Å². The van der Waals surface area contributed by atoms with Gasteiger partial charge in [-0.25, -0.2) is 0 Å². The first-order chi connectivity index (χ1) is 9.38. The second kappa shape index (κ2) is 7.85. The third kappa shape index (κ3) is 4.96. The molecule has 0 saturated carbocycles. The normalized spacial score (nSPS) is 12.0. The Labute approximate surface area is 120 Å². The van der Waals surface area contributed by atoms with Crippen molar-refractivity contribution in [3.05, 3.63) is 84.4 Å². The van der Waals surface area contributed by atoms with Crippen LogP contribution in [-0.4, -0.2) is 5.25 Å². The van der Waals surface area contributed by atoms with E-state index in [0.29, 0.717) is 5.25 Å². The van der Waals surface area contributed by atoms with Crippen LogP contribution in [0.4, 0.5) is 0 Å². The van der Waals surface area contributed by atoms with Gasteiger partial charge in [-0.05, 0) is 24.0 Å². The van der Waals surface area contributed by atoms with Gasteiger partial charge in [-0.3, -0.25) is 0 Å². The Morgan fingerprint density at radius 3 is 2.05 bits per heavy atom. The largest absolute Gasteiger partial charge is 0.150 e. The Balaban J connectivity index is 1.79. The fourth-order valence-electron chi connectivity index (χ4n) is 2.00. The van der Waals surface area contributed by atoms with Gasteiger partial charge in [0, 0.05) is 11.0 Å². The van der Waals surface area contributed by atoms with E-state index in [4.69, 9.17) is 0 Å². The molecule has 19 heavy (non-hydrogen) atoms. The highest BCUT2D eigenvalue weighted by Crippen LogP contribution is 2.22. The van der Waals surface area contributed by atoms with Gasteiger partial charge in [0.25, 0.3) is 0 Å². The molecule has 98 valence electrons. The number of hydrogen-bond donors (Lipinski definition) is 0. The Bertz CT molecular complexity index is 432. The molecule has 0 nitrogen and oxygen atoms in total. The number of hydrogen-bond acceptors (Lipinski definition) is 1. The maximum absolute atomic E-state index is 3.96. The minimum absolute atomic E-state index is 0.528. The van der Waals surface area contributed by atoms with E-state index >= 15 is 0 Å². The number of thioether (sulfide) groups is 1. The molecule has 0 N–H and O–H groups in total. The first-order valence-electron chi connectivity index (χ1n) is 6.70. The summed E-state index contributed by atoms with van der Waals surface area (Å²) >= 11 is 1.98. The summed E-state index contributed by atoms with van der Waals surface area (Å²) in [4.78, 5) is 0. The second-order valence-electron chi connectivity index (χ2n) is 4.60. The third-order valence-corrected chi connectivity index (χ3v) is 4.49. The highest BCUT2D eigenvalue weighted by molar-refractivity contribution is 7.99. The molecule has 1 atom stereocenters. The Hall–Kier alpha value is -1.47. The predicted octanol–water partition coefficient (Wildman–Crippen LogP) is 5.11. The molecule has 0 aliphatic carbocycles. The van der Waals surface area contributed by atoms with Crippen LogP contribution in [0.3, 0.4) is 0 Å². The Morgan fingerprint density at radius 1 is 0.895 bits per heavy atom. The topological polar surface area (TPSA) is 0 Å². The molecule has 0 saturated heterocycles. The van der Waals surface area contributed by atoms with E-state index in [1.165, 1.54) is 11.1 Å². The Morgan fingerprint density at radius 2 is 1.47 bits per heavy atom. The van der Waals surface area contributed by atoms with Crippen molar-refractivity contribution in [3.8, 4) is 0 Å². The van der Waals surface area contributed by atoms with Crippen LogP contribution in [0.25, 0.3) is 0 Å². The van der Waals surface area contributed by atoms with Crippen molar-refractivity contribution >= 4 is 11.8 Å². The Kier molecular flexibility index (Phi) is 5.77. The fourth-order valence-corrected chi connectivity index (χ4v) is 3.02. The monoisotopic (exact) mass is 268 g/mol. The lowest BCUT2D eigenvalue weighted by Gasteiger charge is -2.12. The van der Waals surface area contributed by atoms with Gasteiger partial charge in [0.05, 0.1) is 0 Å². The van der Waals surface area contributed by atoms with Gasteiger partial charge in [0.1, 0.15) is 0 Å². The van der Waals surface area contributed by atoms with Crippen LogP contribution < -0.4 is 0 Å². The van der Waals surface area contributed by atoms with Gasteiger partial charge >= 0.3 is 0 Å². The van der Waals surface area contributed by atoms with Crippen molar-refractivity contribution in [1.29, 1.82) is 0 Å². The summed E-state index contributed by atoms with van der Waals surface area (Å²) in [5.74, 6) is 1.06. The van der Waals surface area contributed by atoms with Crippen molar-refractivity contribution < 1.29 is 0 Å². The van der Waals surface area contributed by atoms with Gasteiger partial charge in [0.2, 0.25) is 0 Å². The summed E-state index contributed by atoms with van der Waals surface area (Å²) in [6.07, 6.45) is 4.36. The molecule has 2 aromatic rings. The summed E-state index contributed by atoms with van der Waals surface area (Å²) in [6.45, 7) is 3.96.